The monoisotopic (exact) mass is 419 g/mol. The van der Waals surface area contributed by atoms with Crippen molar-refractivity contribution >= 4 is 23.1 Å². The first-order chi connectivity index (χ1) is 13.1. The number of aliphatic imine (C=N–C) groups is 1. The molecule has 1 aliphatic heterocycles. The van der Waals surface area contributed by atoms with Crippen LogP contribution in [0.5, 0.6) is 17.2 Å². The van der Waals surface area contributed by atoms with Crippen molar-refractivity contribution in [1.29, 1.82) is 0 Å². The maximum Gasteiger partial charge on any atom is 0.439 e. The van der Waals surface area contributed by atoms with E-state index < -0.39 is 34.9 Å². The molecule has 154 valence electrons. The van der Waals surface area contributed by atoms with Crippen LogP contribution in [0.4, 0.5) is 13.2 Å². The number of phenols is 3. The Hall–Kier alpha value is -2.14. The maximum atomic E-state index is 13.5. The number of hydrazone groups is 1. The Kier molecular flexibility index (Phi) is 5.67. The Bertz CT molecular complexity index is 797. The predicted octanol–water partition coefficient (Wildman–Crippen LogP) is 3.13. The number of benzene rings is 1. The van der Waals surface area contributed by atoms with Crippen LogP contribution in [0.1, 0.15) is 37.7 Å². The van der Waals surface area contributed by atoms with E-state index in [1.807, 2.05) is 0 Å². The van der Waals surface area contributed by atoms with Gasteiger partial charge in [-0.25, -0.2) is 5.01 Å². The number of amidine groups is 1. The first-order valence-electron chi connectivity index (χ1n) is 8.71. The highest BCUT2D eigenvalue weighted by molar-refractivity contribution is 8.14. The number of rotatable bonds is 3. The van der Waals surface area contributed by atoms with Gasteiger partial charge in [-0.3, -0.25) is 4.99 Å². The summed E-state index contributed by atoms with van der Waals surface area (Å²) in [5.74, 6) is -2.83. The molecule has 0 amide bonds. The van der Waals surface area contributed by atoms with Gasteiger partial charge in [0.15, 0.2) is 16.7 Å². The first-order valence-corrected chi connectivity index (χ1v) is 9.70. The standard InChI is InChI=1S/C17H20F3N3O4S/c18-17(19,20)16(27)9-28-15(22-11-4-2-1-3-5-11)23(16)21-8-10-6-7-12(24)14(26)13(10)25/h6-8,11,24-27H,1-5,9H2/b21-8+,22-15?. The summed E-state index contributed by atoms with van der Waals surface area (Å²) in [4.78, 5) is 4.37. The number of aliphatic hydroxyl groups is 1. The Morgan fingerprint density at radius 2 is 1.79 bits per heavy atom. The number of aromatic hydroxyl groups is 3. The van der Waals surface area contributed by atoms with Gasteiger partial charge in [-0.15, -0.1) is 0 Å². The molecule has 11 heteroatoms. The smallest absolute Gasteiger partial charge is 0.439 e. The molecule has 1 aliphatic carbocycles. The minimum absolute atomic E-state index is 0.0505. The molecule has 7 nitrogen and oxygen atoms in total. The minimum Gasteiger partial charge on any atom is -0.504 e. The summed E-state index contributed by atoms with van der Waals surface area (Å²) < 4.78 is 40.5. The summed E-state index contributed by atoms with van der Waals surface area (Å²) in [6.45, 7) is 0. The van der Waals surface area contributed by atoms with Crippen LogP contribution in [0, 0.1) is 0 Å². The molecular weight excluding hydrogens is 399 g/mol. The Labute approximate surface area is 163 Å². The van der Waals surface area contributed by atoms with Crippen molar-refractivity contribution < 1.29 is 33.6 Å². The molecule has 3 rings (SSSR count). The van der Waals surface area contributed by atoms with Gasteiger partial charge < -0.3 is 20.4 Å². The van der Waals surface area contributed by atoms with Gasteiger partial charge in [0.2, 0.25) is 5.75 Å². The van der Waals surface area contributed by atoms with Crippen molar-refractivity contribution in [2.24, 2.45) is 10.1 Å². The molecule has 1 heterocycles. The number of hydrogen-bond donors (Lipinski definition) is 4. The summed E-state index contributed by atoms with van der Waals surface area (Å²) >= 11 is 0.763. The lowest BCUT2D eigenvalue weighted by Crippen LogP contribution is -2.56. The quantitative estimate of drug-likeness (QED) is 0.443. The van der Waals surface area contributed by atoms with Crippen LogP contribution >= 0.6 is 11.8 Å². The summed E-state index contributed by atoms with van der Waals surface area (Å²) in [5, 5.41) is 43.1. The maximum absolute atomic E-state index is 13.5. The van der Waals surface area contributed by atoms with Crippen LogP contribution in [-0.4, -0.2) is 60.5 Å². The fourth-order valence-electron chi connectivity index (χ4n) is 3.06. The summed E-state index contributed by atoms with van der Waals surface area (Å²) in [6.07, 6.45) is 0.358. The van der Waals surface area contributed by atoms with E-state index in [2.05, 4.69) is 10.1 Å². The van der Waals surface area contributed by atoms with Crippen molar-refractivity contribution in [3.05, 3.63) is 17.7 Å². The van der Waals surface area contributed by atoms with E-state index in [1.165, 1.54) is 6.07 Å². The molecule has 1 atom stereocenters. The molecule has 4 N–H and O–H groups in total. The van der Waals surface area contributed by atoms with Crippen LogP contribution in [0.2, 0.25) is 0 Å². The molecule has 1 saturated carbocycles. The molecule has 0 bridgehead atoms. The number of hydrogen-bond acceptors (Lipinski definition) is 7. The normalized spacial score (nSPS) is 25.9. The van der Waals surface area contributed by atoms with Crippen LogP contribution in [0.15, 0.2) is 22.2 Å². The number of alkyl halides is 3. The van der Waals surface area contributed by atoms with E-state index in [1.54, 1.807) is 0 Å². The average molecular weight is 419 g/mol. The summed E-state index contributed by atoms with van der Waals surface area (Å²) in [7, 11) is 0. The highest BCUT2D eigenvalue weighted by Gasteiger charge is 2.63. The van der Waals surface area contributed by atoms with Crippen LogP contribution in [0.3, 0.4) is 0 Å². The lowest BCUT2D eigenvalue weighted by atomic mass is 9.96. The third-order valence-corrected chi connectivity index (χ3v) is 5.81. The molecule has 1 saturated heterocycles. The molecule has 0 aromatic heterocycles. The highest BCUT2D eigenvalue weighted by atomic mass is 32.2. The van der Waals surface area contributed by atoms with Crippen molar-refractivity contribution in [2.75, 3.05) is 5.75 Å². The number of phenolic OH excluding ortho intramolecular Hbond substituents is 3. The Morgan fingerprint density at radius 1 is 1.11 bits per heavy atom. The Balaban J connectivity index is 1.95. The number of halogens is 3. The van der Waals surface area contributed by atoms with Gasteiger partial charge in [-0.2, -0.15) is 18.3 Å². The van der Waals surface area contributed by atoms with Crippen molar-refractivity contribution in [1.82, 2.24) is 5.01 Å². The van der Waals surface area contributed by atoms with Crippen molar-refractivity contribution in [2.45, 2.75) is 50.0 Å². The van der Waals surface area contributed by atoms with Crippen LogP contribution in [0.25, 0.3) is 0 Å². The molecule has 0 radical (unpaired) electrons. The first kappa shape index (κ1) is 20.6. The second kappa shape index (κ2) is 7.70. The second-order valence-corrected chi connectivity index (χ2v) is 7.68. The number of nitrogens with zero attached hydrogens (tertiary/aromatic N) is 3. The van der Waals surface area contributed by atoms with Crippen molar-refractivity contribution in [3.8, 4) is 17.2 Å². The van der Waals surface area contributed by atoms with Gasteiger partial charge in [0.05, 0.1) is 18.0 Å². The van der Waals surface area contributed by atoms with Gasteiger partial charge in [-0.05, 0) is 25.0 Å². The topological polar surface area (TPSA) is 109 Å². The highest BCUT2D eigenvalue weighted by Crippen LogP contribution is 2.44. The predicted molar refractivity (Wildman–Crippen MR) is 98.6 cm³/mol. The minimum atomic E-state index is -4.99. The van der Waals surface area contributed by atoms with E-state index in [-0.39, 0.29) is 16.8 Å². The zero-order valence-electron chi connectivity index (χ0n) is 14.7. The SMILES string of the molecule is Oc1ccc(/C=N/N2C(=NC3CCCCC3)SCC2(O)C(F)(F)F)c(O)c1O. The largest absolute Gasteiger partial charge is 0.504 e. The van der Waals surface area contributed by atoms with E-state index >= 15 is 0 Å². The second-order valence-electron chi connectivity index (χ2n) is 6.73. The Morgan fingerprint density at radius 3 is 2.43 bits per heavy atom. The summed E-state index contributed by atoms with van der Waals surface area (Å²) in [6, 6.07) is 2.10. The fraction of sp³-hybridized carbons (Fsp3) is 0.529. The number of thioether (sulfide) groups is 1. The molecule has 1 aromatic carbocycles. The van der Waals surface area contributed by atoms with E-state index in [0.717, 1.165) is 56.1 Å². The zero-order valence-corrected chi connectivity index (χ0v) is 15.5. The molecule has 28 heavy (non-hydrogen) atoms. The van der Waals surface area contributed by atoms with E-state index in [9.17, 15) is 33.6 Å². The van der Waals surface area contributed by atoms with Crippen LogP contribution < -0.4 is 0 Å². The van der Waals surface area contributed by atoms with Crippen LogP contribution in [-0.2, 0) is 0 Å². The van der Waals surface area contributed by atoms with Gasteiger partial charge in [-0.1, -0.05) is 31.0 Å². The molecule has 0 spiro atoms. The lowest BCUT2D eigenvalue weighted by molar-refractivity contribution is -0.289. The molecule has 1 aromatic rings. The third-order valence-electron chi connectivity index (χ3n) is 4.73. The van der Waals surface area contributed by atoms with Crippen molar-refractivity contribution in [3.63, 3.8) is 0 Å². The van der Waals surface area contributed by atoms with E-state index in [0.29, 0.717) is 5.01 Å². The molecular formula is C17H20F3N3O4S. The van der Waals surface area contributed by atoms with Gasteiger partial charge in [0.1, 0.15) is 0 Å². The molecule has 2 aliphatic rings. The zero-order chi connectivity index (χ0) is 20.5. The fourth-order valence-corrected chi connectivity index (χ4v) is 4.22. The third kappa shape index (κ3) is 3.86. The molecule has 1 unspecified atom stereocenters. The summed E-state index contributed by atoms with van der Waals surface area (Å²) in [5.41, 5.74) is -3.37. The molecule has 2 fully saturated rings. The lowest BCUT2D eigenvalue weighted by Gasteiger charge is -2.32. The van der Waals surface area contributed by atoms with Gasteiger partial charge >= 0.3 is 6.18 Å². The van der Waals surface area contributed by atoms with E-state index in [4.69, 9.17) is 0 Å². The van der Waals surface area contributed by atoms with Gasteiger partial charge in [0.25, 0.3) is 5.72 Å². The average Bonchev–Trinajstić information content (AvgIpc) is 2.97. The van der Waals surface area contributed by atoms with Gasteiger partial charge in [0, 0.05) is 5.56 Å².